The minimum Gasteiger partial charge on any atom is -0.103 e. The predicted molar refractivity (Wildman–Crippen MR) is 93.8 cm³/mol. The van der Waals surface area contributed by atoms with Crippen LogP contribution in [0.4, 0.5) is 0 Å². The molecule has 0 heterocycles. The molecule has 0 bridgehead atoms. The summed E-state index contributed by atoms with van der Waals surface area (Å²) in [4.78, 5) is 0. The van der Waals surface area contributed by atoms with Crippen molar-refractivity contribution in [3.63, 3.8) is 0 Å². The maximum absolute atomic E-state index is 3.79. The molecule has 0 atom stereocenters. The summed E-state index contributed by atoms with van der Waals surface area (Å²) in [7, 11) is 0. The fourth-order valence-corrected chi connectivity index (χ4v) is 2.22. The van der Waals surface area contributed by atoms with Gasteiger partial charge in [-0.1, -0.05) is 78.9 Å². The standard InChI is InChI=1S/C21H21/c1-3-8-18(9-4-2)12-13-19-14-16-21(17-15-19)20-10-6-5-7-11-20/h3-7,10-17H,1-2,8-9H2. The molecule has 0 saturated carbocycles. The Hall–Kier alpha value is -2.34. The second-order valence-electron chi connectivity index (χ2n) is 4.97. The zero-order valence-electron chi connectivity index (χ0n) is 12.3. The van der Waals surface area contributed by atoms with Gasteiger partial charge in [-0.05, 0) is 29.5 Å². The molecule has 0 unspecified atom stereocenters. The number of rotatable bonds is 7. The van der Waals surface area contributed by atoms with Gasteiger partial charge < -0.3 is 0 Å². The molecule has 0 amide bonds. The zero-order valence-corrected chi connectivity index (χ0v) is 12.3. The van der Waals surface area contributed by atoms with Gasteiger partial charge in [0.2, 0.25) is 0 Å². The van der Waals surface area contributed by atoms with E-state index in [-0.39, 0.29) is 0 Å². The Kier molecular flexibility index (Phi) is 5.78. The van der Waals surface area contributed by atoms with Gasteiger partial charge in [0.25, 0.3) is 0 Å². The first kappa shape index (κ1) is 15.1. The number of benzene rings is 2. The van der Waals surface area contributed by atoms with E-state index < -0.39 is 0 Å². The highest BCUT2D eigenvalue weighted by atomic mass is 14.0. The van der Waals surface area contributed by atoms with Gasteiger partial charge in [0.1, 0.15) is 0 Å². The molecule has 0 spiro atoms. The molecule has 0 aliphatic carbocycles. The van der Waals surface area contributed by atoms with Gasteiger partial charge in [0.15, 0.2) is 0 Å². The molecule has 0 aliphatic heterocycles. The van der Waals surface area contributed by atoms with Crippen LogP contribution in [-0.4, -0.2) is 0 Å². The topological polar surface area (TPSA) is 0 Å². The van der Waals surface area contributed by atoms with Crippen molar-refractivity contribution < 1.29 is 0 Å². The van der Waals surface area contributed by atoms with Gasteiger partial charge >= 0.3 is 0 Å². The maximum atomic E-state index is 3.79. The fraction of sp³-hybridized carbons (Fsp3) is 0.0952. The molecule has 2 rings (SSSR count). The van der Waals surface area contributed by atoms with E-state index in [1.807, 2.05) is 18.2 Å². The summed E-state index contributed by atoms with van der Waals surface area (Å²) in [6.45, 7) is 7.59. The van der Waals surface area contributed by atoms with E-state index >= 15 is 0 Å². The molecule has 21 heavy (non-hydrogen) atoms. The highest BCUT2D eigenvalue weighted by molar-refractivity contribution is 5.65. The quantitative estimate of drug-likeness (QED) is 0.535. The minimum absolute atomic E-state index is 0.907. The molecule has 0 heteroatoms. The number of hydrogen-bond donors (Lipinski definition) is 0. The smallest absolute Gasteiger partial charge is 0.00507 e. The van der Waals surface area contributed by atoms with E-state index in [4.69, 9.17) is 0 Å². The molecule has 0 aliphatic rings. The van der Waals surface area contributed by atoms with Crippen LogP contribution >= 0.6 is 0 Å². The Bertz CT molecular complexity index is 578. The van der Waals surface area contributed by atoms with Gasteiger partial charge in [0.05, 0.1) is 0 Å². The molecule has 0 fully saturated rings. The van der Waals surface area contributed by atoms with Crippen molar-refractivity contribution in [3.8, 4) is 11.1 Å². The maximum Gasteiger partial charge on any atom is 0.00507 e. The van der Waals surface area contributed by atoms with Crippen LogP contribution in [0, 0.1) is 5.92 Å². The van der Waals surface area contributed by atoms with E-state index in [9.17, 15) is 0 Å². The lowest BCUT2D eigenvalue weighted by Crippen LogP contribution is -1.89. The Morgan fingerprint density at radius 2 is 1.33 bits per heavy atom. The van der Waals surface area contributed by atoms with Crippen molar-refractivity contribution in [1.82, 2.24) is 0 Å². The molecule has 0 aromatic heterocycles. The largest absolute Gasteiger partial charge is 0.103 e. The molecule has 105 valence electrons. The van der Waals surface area contributed by atoms with E-state index in [1.165, 1.54) is 22.6 Å². The lowest BCUT2D eigenvalue weighted by atomic mass is 9.99. The van der Waals surface area contributed by atoms with Crippen LogP contribution in [0.3, 0.4) is 0 Å². The average Bonchev–Trinajstić information content (AvgIpc) is 2.54. The van der Waals surface area contributed by atoms with Crippen LogP contribution in [0.25, 0.3) is 17.2 Å². The molecule has 0 saturated heterocycles. The average molecular weight is 273 g/mol. The number of hydrogen-bond acceptors (Lipinski definition) is 0. The molecular weight excluding hydrogens is 252 g/mol. The first-order valence-corrected chi connectivity index (χ1v) is 7.23. The SMILES string of the molecule is C=CC[C](C=Cc1ccc(-c2ccccc2)cc1)CC=C. The van der Waals surface area contributed by atoms with Crippen molar-refractivity contribution >= 4 is 6.08 Å². The highest BCUT2D eigenvalue weighted by Crippen LogP contribution is 2.21. The second kappa shape index (κ2) is 8.06. The monoisotopic (exact) mass is 273 g/mol. The van der Waals surface area contributed by atoms with Gasteiger partial charge in [-0.2, -0.15) is 0 Å². The zero-order chi connectivity index (χ0) is 14.9. The van der Waals surface area contributed by atoms with Gasteiger partial charge in [0, 0.05) is 5.92 Å². The normalized spacial score (nSPS) is 10.9. The first-order valence-electron chi connectivity index (χ1n) is 7.23. The van der Waals surface area contributed by atoms with E-state index in [0.717, 1.165) is 12.8 Å². The summed E-state index contributed by atoms with van der Waals surface area (Å²) < 4.78 is 0. The second-order valence-corrected chi connectivity index (χ2v) is 4.97. The molecule has 2 aromatic carbocycles. The summed E-state index contributed by atoms with van der Waals surface area (Å²) in [5.41, 5.74) is 3.70. The van der Waals surface area contributed by atoms with Crippen LogP contribution in [0.2, 0.25) is 0 Å². The Balaban J connectivity index is 2.08. The third-order valence-corrected chi connectivity index (χ3v) is 3.34. The molecule has 0 N–H and O–H groups in total. The van der Waals surface area contributed by atoms with Crippen molar-refractivity contribution in [3.05, 3.63) is 97.5 Å². The summed E-state index contributed by atoms with van der Waals surface area (Å²) >= 11 is 0. The van der Waals surface area contributed by atoms with E-state index in [2.05, 4.69) is 73.8 Å². The van der Waals surface area contributed by atoms with Gasteiger partial charge in [-0.15, -0.1) is 13.2 Å². The molecule has 0 nitrogen and oxygen atoms in total. The molecule has 2 aromatic rings. The van der Waals surface area contributed by atoms with E-state index in [0.29, 0.717) is 0 Å². The third kappa shape index (κ3) is 4.61. The van der Waals surface area contributed by atoms with Crippen molar-refractivity contribution in [2.45, 2.75) is 12.8 Å². The van der Waals surface area contributed by atoms with E-state index in [1.54, 1.807) is 0 Å². The highest BCUT2D eigenvalue weighted by Gasteiger charge is 2.00. The van der Waals surface area contributed by atoms with Gasteiger partial charge in [-0.25, -0.2) is 0 Å². The lowest BCUT2D eigenvalue weighted by molar-refractivity contribution is 0.985. The lowest BCUT2D eigenvalue weighted by Gasteiger charge is -2.06. The third-order valence-electron chi connectivity index (χ3n) is 3.34. The van der Waals surface area contributed by atoms with Crippen LogP contribution in [0.5, 0.6) is 0 Å². The Morgan fingerprint density at radius 3 is 1.90 bits per heavy atom. The van der Waals surface area contributed by atoms with Crippen molar-refractivity contribution in [1.29, 1.82) is 0 Å². The summed E-state index contributed by atoms with van der Waals surface area (Å²) in [5.74, 6) is 1.33. The minimum atomic E-state index is 0.907. The summed E-state index contributed by atoms with van der Waals surface area (Å²) in [5, 5.41) is 0. The molecule has 1 radical (unpaired) electrons. The fourth-order valence-electron chi connectivity index (χ4n) is 2.22. The van der Waals surface area contributed by atoms with Crippen molar-refractivity contribution in [2.75, 3.05) is 0 Å². The summed E-state index contributed by atoms with van der Waals surface area (Å²) in [6.07, 6.45) is 10.00. The summed E-state index contributed by atoms with van der Waals surface area (Å²) in [6, 6.07) is 19.1. The Labute approximate surface area is 128 Å². The number of allylic oxidation sites excluding steroid dienone is 3. The van der Waals surface area contributed by atoms with Crippen molar-refractivity contribution in [2.24, 2.45) is 0 Å². The molecular formula is C21H21. The predicted octanol–water partition coefficient (Wildman–Crippen LogP) is 6.09. The van der Waals surface area contributed by atoms with Crippen LogP contribution < -0.4 is 0 Å². The first-order chi connectivity index (χ1) is 10.3. The van der Waals surface area contributed by atoms with Crippen LogP contribution in [0.1, 0.15) is 18.4 Å². The van der Waals surface area contributed by atoms with Crippen LogP contribution in [-0.2, 0) is 0 Å². The van der Waals surface area contributed by atoms with Gasteiger partial charge in [-0.3, -0.25) is 0 Å². The Morgan fingerprint density at radius 1 is 0.762 bits per heavy atom. The van der Waals surface area contributed by atoms with Crippen LogP contribution in [0.15, 0.2) is 86.0 Å².